The van der Waals surface area contributed by atoms with Crippen molar-refractivity contribution in [3.05, 3.63) is 35.4 Å². The van der Waals surface area contributed by atoms with Crippen LogP contribution in [0.2, 0.25) is 0 Å². The molecule has 0 bridgehead atoms. The summed E-state index contributed by atoms with van der Waals surface area (Å²) in [5.41, 5.74) is 2.55. The van der Waals surface area contributed by atoms with Crippen LogP contribution in [-0.4, -0.2) is 54.3 Å². The average Bonchev–Trinajstić information content (AvgIpc) is 2.45. The molecule has 1 aromatic rings. The van der Waals surface area contributed by atoms with Gasteiger partial charge in [0.05, 0.1) is 13.1 Å². The Labute approximate surface area is 132 Å². The highest BCUT2D eigenvalue weighted by molar-refractivity contribution is 5.81. The number of fused-ring (bicyclic) bond motifs is 1. The zero-order valence-electron chi connectivity index (χ0n) is 13.6. The second-order valence-electron chi connectivity index (χ2n) is 6.23. The summed E-state index contributed by atoms with van der Waals surface area (Å²) in [6.07, 6.45) is 0.902. The predicted octanol–water partition coefficient (Wildman–Crippen LogP) is 1.03. The molecule has 0 aliphatic carbocycles. The lowest BCUT2D eigenvalue weighted by Crippen LogP contribution is -2.45. The van der Waals surface area contributed by atoms with Gasteiger partial charge in [0.2, 0.25) is 11.8 Å². The number of rotatable bonds is 5. The Morgan fingerprint density at radius 1 is 1.23 bits per heavy atom. The average molecular weight is 303 g/mol. The zero-order valence-corrected chi connectivity index (χ0v) is 13.6. The quantitative estimate of drug-likeness (QED) is 0.884. The van der Waals surface area contributed by atoms with Crippen LogP contribution in [0.5, 0.6) is 0 Å². The van der Waals surface area contributed by atoms with Crippen molar-refractivity contribution < 1.29 is 9.59 Å². The fourth-order valence-corrected chi connectivity index (χ4v) is 2.71. The van der Waals surface area contributed by atoms with Crippen molar-refractivity contribution in [2.75, 3.05) is 26.7 Å². The maximum Gasteiger partial charge on any atom is 0.237 e. The molecule has 0 unspecified atom stereocenters. The molecule has 0 atom stereocenters. The minimum Gasteiger partial charge on any atom is -0.353 e. The lowest BCUT2D eigenvalue weighted by atomic mass is 10.00. The largest absolute Gasteiger partial charge is 0.353 e. The van der Waals surface area contributed by atoms with E-state index in [1.54, 1.807) is 11.9 Å². The van der Waals surface area contributed by atoms with Crippen LogP contribution in [0.3, 0.4) is 0 Å². The minimum absolute atomic E-state index is 0.0470. The molecular weight excluding hydrogens is 278 g/mol. The summed E-state index contributed by atoms with van der Waals surface area (Å²) in [5.74, 6) is 0.0311. The first-order valence-corrected chi connectivity index (χ1v) is 7.78. The Kier molecular flexibility index (Phi) is 5.55. The summed E-state index contributed by atoms with van der Waals surface area (Å²) in [6.45, 7) is 5.79. The third-order valence-electron chi connectivity index (χ3n) is 3.75. The van der Waals surface area contributed by atoms with Gasteiger partial charge >= 0.3 is 0 Å². The molecular formula is C17H25N3O2. The number of hydrogen-bond acceptors (Lipinski definition) is 3. The summed E-state index contributed by atoms with van der Waals surface area (Å²) in [6, 6.07) is 8.37. The summed E-state index contributed by atoms with van der Waals surface area (Å²) < 4.78 is 0. The number of nitrogens with one attached hydrogen (secondary N) is 1. The monoisotopic (exact) mass is 303 g/mol. The smallest absolute Gasteiger partial charge is 0.237 e. The van der Waals surface area contributed by atoms with Crippen molar-refractivity contribution in [1.82, 2.24) is 15.1 Å². The van der Waals surface area contributed by atoms with Crippen LogP contribution < -0.4 is 5.32 Å². The van der Waals surface area contributed by atoms with Crippen LogP contribution in [-0.2, 0) is 22.6 Å². The van der Waals surface area contributed by atoms with Gasteiger partial charge in [-0.05, 0) is 38.4 Å². The molecule has 2 rings (SSSR count). The molecule has 0 saturated heterocycles. The molecule has 22 heavy (non-hydrogen) atoms. The molecule has 0 aromatic heterocycles. The molecule has 1 aromatic carbocycles. The number of nitrogens with zero attached hydrogens (tertiary/aromatic N) is 2. The maximum absolute atomic E-state index is 12.4. The van der Waals surface area contributed by atoms with E-state index in [9.17, 15) is 9.59 Å². The molecule has 0 saturated carbocycles. The van der Waals surface area contributed by atoms with Gasteiger partial charge in [-0.3, -0.25) is 14.5 Å². The summed E-state index contributed by atoms with van der Waals surface area (Å²) in [5, 5.41) is 2.83. The van der Waals surface area contributed by atoms with Gasteiger partial charge in [-0.15, -0.1) is 0 Å². The topological polar surface area (TPSA) is 52.7 Å². The number of likely N-dealkylation sites (N-methyl/N-ethyl adjacent to an activating group) is 1. The number of benzene rings is 1. The van der Waals surface area contributed by atoms with Crippen LogP contribution in [0.1, 0.15) is 25.0 Å². The highest BCUT2D eigenvalue weighted by Gasteiger charge is 2.21. The number of carbonyl (C=O) groups is 2. The van der Waals surface area contributed by atoms with Crippen molar-refractivity contribution in [3.63, 3.8) is 0 Å². The van der Waals surface area contributed by atoms with Crippen molar-refractivity contribution >= 4 is 11.8 Å². The van der Waals surface area contributed by atoms with Gasteiger partial charge in [0.25, 0.3) is 0 Å². The van der Waals surface area contributed by atoms with E-state index in [1.165, 1.54) is 11.1 Å². The molecule has 1 aliphatic heterocycles. The Balaban J connectivity index is 1.84. The van der Waals surface area contributed by atoms with Gasteiger partial charge in [-0.2, -0.15) is 0 Å². The number of amides is 2. The van der Waals surface area contributed by atoms with Crippen molar-refractivity contribution in [2.45, 2.75) is 32.9 Å². The Hall–Kier alpha value is -1.88. The van der Waals surface area contributed by atoms with Crippen molar-refractivity contribution in [1.29, 1.82) is 0 Å². The molecule has 2 amide bonds. The van der Waals surface area contributed by atoms with Gasteiger partial charge in [0.15, 0.2) is 0 Å². The first-order valence-electron chi connectivity index (χ1n) is 7.78. The fourth-order valence-electron chi connectivity index (χ4n) is 2.71. The van der Waals surface area contributed by atoms with Crippen molar-refractivity contribution in [3.8, 4) is 0 Å². The summed E-state index contributed by atoms with van der Waals surface area (Å²) in [7, 11) is 1.80. The van der Waals surface area contributed by atoms with Gasteiger partial charge in [-0.1, -0.05) is 24.3 Å². The summed E-state index contributed by atoms with van der Waals surface area (Å²) >= 11 is 0. The van der Waals surface area contributed by atoms with E-state index in [0.717, 1.165) is 13.0 Å². The summed E-state index contributed by atoms with van der Waals surface area (Å²) in [4.78, 5) is 27.7. The van der Waals surface area contributed by atoms with Crippen LogP contribution >= 0.6 is 0 Å². The third kappa shape index (κ3) is 4.56. The molecule has 120 valence electrons. The fraction of sp³-hybridized carbons (Fsp3) is 0.529. The van der Waals surface area contributed by atoms with Crippen molar-refractivity contribution in [2.24, 2.45) is 0 Å². The third-order valence-corrected chi connectivity index (χ3v) is 3.75. The van der Waals surface area contributed by atoms with E-state index in [1.807, 2.05) is 30.9 Å². The predicted molar refractivity (Wildman–Crippen MR) is 86.3 cm³/mol. The first kappa shape index (κ1) is 16.5. The van der Waals surface area contributed by atoms with Gasteiger partial charge in [-0.25, -0.2) is 0 Å². The second-order valence-corrected chi connectivity index (χ2v) is 6.23. The highest BCUT2D eigenvalue weighted by atomic mass is 16.2. The molecule has 1 N–H and O–H groups in total. The Bertz CT molecular complexity index is 542. The van der Waals surface area contributed by atoms with E-state index in [-0.39, 0.29) is 30.9 Å². The lowest BCUT2D eigenvalue weighted by Gasteiger charge is -2.30. The van der Waals surface area contributed by atoms with Gasteiger partial charge in [0.1, 0.15) is 0 Å². The maximum atomic E-state index is 12.4. The Morgan fingerprint density at radius 3 is 2.59 bits per heavy atom. The number of carbonyl (C=O) groups excluding carboxylic acids is 2. The van der Waals surface area contributed by atoms with Gasteiger partial charge < -0.3 is 10.2 Å². The van der Waals surface area contributed by atoms with E-state index >= 15 is 0 Å². The standard InChI is InChI=1S/C17H25N3O2/c1-13(2)18-16(21)11-19(3)12-17(22)20-9-8-14-6-4-5-7-15(14)10-20/h4-7,13H,8-12H2,1-3H3,(H,18,21). The molecule has 0 radical (unpaired) electrons. The van der Waals surface area contributed by atoms with Crippen LogP contribution in [0, 0.1) is 0 Å². The Morgan fingerprint density at radius 2 is 1.91 bits per heavy atom. The normalized spacial score (nSPS) is 14.1. The first-order chi connectivity index (χ1) is 10.5. The molecule has 5 heteroatoms. The van der Waals surface area contributed by atoms with E-state index in [2.05, 4.69) is 17.4 Å². The molecule has 0 fully saturated rings. The highest BCUT2D eigenvalue weighted by Crippen LogP contribution is 2.18. The second kappa shape index (κ2) is 7.40. The van der Waals surface area contributed by atoms with E-state index < -0.39 is 0 Å². The SMILES string of the molecule is CC(C)NC(=O)CN(C)CC(=O)N1CCc2ccccc2C1. The molecule has 5 nitrogen and oxygen atoms in total. The number of hydrogen-bond donors (Lipinski definition) is 1. The molecule has 1 aliphatic rings. The minimum atomic E-state index is -0.0470. The van der Waals surface area contributed by atoms with Crippen LogP contribution in [0.25, 0.3) is 0 Å². The van der Waals surface area contributed by atoms with Crippen LogP contribution in [0.4, 0.5) is 0 Å². The lowest BCUT2D eigenvalue weighted by molar-refractivity contribution is -0.133. The zero-order chi connectivity index (χ0) is 16.1. The van der Waals surface area contributed by atoms with Gasteiger partial charge in [0, 0.05) is 19.1 Å². The molecule has 0 spiro atoms. The van der Waals surface area contributed by atoms with Crippen LogP contribution in [0.15, 0.2) is 24.3 Å². The molecule has 1 heterocycles. The van der Waals surface area contributed by atoms with E-state index in [0.29, 0.717) is 6.54 Å². The van der Waals surface area contributed by atoms with E-state index in [4.69, 9.17) is 0 Å².